The van der Waals surface area contributed by atoms with Crippen LogP contribution in [0, 0.1) is 6.92 Å². The Kier molecular flexibility index (Phi) is 6.31. The molecule has 1 heterocycles. The van der Waals surface area contributed by atoms with Crippen molar-refractivity contribution >= 4 is 28.3 Å². The van der Waals surface area contributed by atoms with E-state index in [1.165, 1.54) is 0 Å². The second-order valence-electron chi connectivity index (χ2n) is 4.95. The summed E-state index contributed by atoms with van der Waals surface area (Å²) in [5.74, 6) is -0.0659. The Balaban J connectivity index is 1.95. The summed E-state index contributed by atoms with van der Waals surface area (Å²) < 4.78 is 10.5. The second-order valence-corrected chi connectivity index (χ2v) is 5.95. The molecule has 0 radical (unpaired) electrons. The number of hydrogen-bond donors (Lipinski definition) is 1. The maximum Gasteiger partial charge on any atom is 0.350 e. The summed E-state index contributed by atoms with van der Waals surface area (Å²) in [5, 5.41) is 3.00. The van der Waals surface area contributed by atoms with E-state index >= 15 is 0 Å². The normalized spacial score (nSPS) is 10.3. The molecule has 0 saturated heterocycles. The summed E-state index contributed by atoms with van der Waals surface area (Å²) in [7, 11) is 0. The van der Waals surface area contributed by atoms with E-state index < -0.39 is 5.97 Å². The number of thiazole rings is 1. The van der Waals surface area contributed by atoms with Crippen molar-refractivity contribution in [2.75, 3.05) is 18.5 Å². The monoisotopic (exact) mass is 348 g/mol. The van der Waals surface area contributed by atoms with Gasteiger partial charge >= 0.3 is 5.97 Å². The van der Waals surface area contributed by atoms with Gasteiger partial charge in [0.25, 0.3) is 5.91 Å². The molecule has 0 aliphatic heterocycles. The van der Waals surface area contributed by atoms with Crippen LogP contribution >= 0.6 is 11.3 Å². The lowest BCUT2D eigenvalue weighted by molar-refractivity contribution is -0.118. The van der Waals surface area contributed by atoms with Gasteiger partial charge < -0.3 is 9.47 Å². The van der Waals surface area contributed by atoms with E-state index in [0.717, 1.165) is 23.3 Å². The highest BCUT2D eigenvalue weighted by molar-refractivity contribution is 7.17. The average molecular weight is 348 g/mol. The fourth-order valence-electron chi connectivity index (χ4n) is 2.07. The van der Waals surface area contributed by atoms with Crippen molar-refractivity contribution in [2.45, 2.75) is 27.2 Å². The zero-order valence-electron chi connectivity index (χ0n) is 13.9. The topological polar surface area (TPSA) is 77.5 Å². The fraction of sp³-hybridized carbons (Fsp3) is 0.353. The Labute approximate surface area is 144 Å². The summed E-state index contributed by atoms with van der Waals surface area (Å²) in [6, 6.07) is 7.59. The van der Waals surface area contributed by atoms with Crippen molar-refractivity contribution in [1.29, 1.82) is 0 Å². The van der Waals surface area contributed by atoms with Gasteiger partial charge in [-0.3, -0.25) is 10.1 Å². The van der Waals surface area contributed by atoms with Crippen LogP contribution in [0.25, 0.3) is 0 Å². The second kappa shape index (κ2) is 8.44. The summed E-state index contributed by atoms with van der Waals surface area (Å²) in [5.41, 5.74) is 1.57. The molecule has 24 heavy (non-hydrogen) atoms. The number of carbonyl (C=O) groups is 2. The van der Waals surface area contributed by atoms with Crippen LogP contribution in [0.2, 0.25) is 0 Å². The zero-order chi connectivity index (χ0) is 17.5. The van der Waals surface area contributed by atoms with Crippen LogP contribution in [0.1, 0.15) is 34.8 Å². The molecule has 0 bridgehead atoms. The van der Waals surface area contributed by atoms with Crippen molar-refractivity contribution in [1.82, 2.24) is 4.98 Å². The third kappa shape index (κ3) is 4.55. The van der Waals surface area contributed by atoms with Crippen LogP contribution in [0.5, 0.6) is 5.75 Å². The lowest BCUT2D eigenvalue weighted by atomic mass is 10.1. The van der Waals surface area contributed by atoms with Crippen molar-refractivity contribution in [2.24, 2.45) is 0 Å². The van der Waals surface area contributed by atoms with Crippen molar-refractivity contribution in [3.05, 3.63) is 40.4 Å². The molecule has 0 fully saturated rings. The van der Waals surface area contributed by atoms with E-state index in [0.29, 0.717) is 28.1 Å². The van der Waals surface area contributed by atoms with Gasteiger partial charge in [-0.05, 0) is 31.9 Å². The van der Waals surface area contributed by atoms with Crippen LogP contribution in [0.3, 0.4) is 0 Å². The molecule has 6 nitrogen and oxygen atoms in total. The molecule has 1 aromatic heterocycles. The third-order valence-corrected chi connectivity index (χ3v) is 4.27. The first-order valence-electron chi connectivity index (χ1n) is 7.70. The molecule has 1 aromatic carbocycles. The molecular weight excluding hydrogens is 328 g/mol. The van der Waals surface area contributed by atoms with Gasteiger partial charge in [-0.25, -0.2) is 9.78 Å². The third-order valence-electron chi connectivity index (χ3n) is 3.22. The maximum atomic E-state index is 12.0. The summed E-state index contributed by atoms with van der Waals surface area (Å²) in [4.78, 5) is 28.3. The number of rotatable bonds is 7. The summed E-state index contributed by atoms with van der Waals surface area (Å²) >= 11 is 1.09. The number of aromatic nitrogens is 1. The molecule has 1 amide bonds. The predicted octanol–water partition coefficient (Wildman–Crippen LogP) is 3.21. The van der Waals surface area contributed by atoms with Crippen molar-refractivity contribution in [3.8, 4) is 5.75 Å². The van der Waals surface area contributed by atoms with Crippen molar-refractivity contribution in [3.63, 3.8) is 0 Å². The SMILES string of the molecule is CCOC(=O)c1sc(NC(=O)COc2ccccc2CC)nc1C. The van der Waals surface area contributed by atoms with Gasteiger partial charge in [0.1, 0.15) is 10.6 Å². The minimum absolute atomic E-state index is 0.121. The highest BCUT2D eigenvalue weighted by Gasteiger charge is 2.17. The van der Waals surface area contributed by atoms with E-state index in [2.05, 4.69) is 10.3 Å². The van der Waals surface area contributed by atoms with Gasteiger partial charge in [-0.1, -0.05) is 36.5 Å². The van der Waals surface area contributed by atoms with Crippen LogP contribution < -0.4 is 10.1 Å². The number of nitrogens with one attached hydrogen (secondary N) is 1. The molecule has 7 heteroatoms. The number of aryl methyl sites for hydroxylation is 2. The van der Waals surface area contributed by atoms with Gasteiger partial charge in [0, 0.05) is 0 Å². The molecule has 128 valence electrons. The standard InChI is InChI=1S/C17H20N2O4S/c1-4-12-8-6-7-9-13(12)23-10-14(20)19-17-18-11(3)15(24-17)16(21)22-5-2/h6-9H,4-5,10H2,1-3H3,(H,18,19,20). The lowest BCUT2D eigenvalue weighted by Crippen LogP contribution is -2.20. The Morgan fingerprint density at radius 1 is 1.25 bits per heavy atom. The number of ether oxygens (including phenoxy) is 2. The van der Waals surface area contributed by atoms with Crippen LogP contribution in [-0.4, -0.2) is 30.1 Å². The molecule has 0 atom stereocenters. The molecule has 2 rings (SSSR count). The van der Waals surface area contributed by atoms with E-state index in [1.807, 2.05) is 31.2 Å². The Morgan fingerprint density at radius 3 is 2.71 bits per heavy atom. The van der Waals surface area contributed by atoms with Gasteiger partial charge in [-0.15, -0.1) is 0 Å². The van der Waals surface area contributed by atoms with E-state index in [-0.39, 0.29) is 12.5 Å². The number of hydrogen-bond acceptors (Lipinski definition) is 6. The summed E-state index contributed by atoms with van der Waals surface area (Å²) in [6.07, 6.45) is 0.826. The smallest absolute Gasteiger partial charge is 0.350 e. The number of nitrogens with zero attached hydrogens (tertiary/aromatic N) is 1. The molecule has 0 aliphatic carbocycles. The van der Waals surface area contributed by atoms with Crippen LogP contribution in [0.15, 0.2) is 24.3 Å². The molecule has 0 spiro atoms. The predicted molar refractivity (Wildman–Crippen MR) is 92.8 cm³/mol. The molecule has 1 N–H and O–H groups in total. The first kappa shape index (κ1) is 17.9. The molecule has 0 unspecified atom stereocenters. The molecule has 0 saturated carbocycles. The van der Waals surface area contributed by atoms with Gasteiger partial charge in [0.15, 0.2) is 11.7 Å². The quantitative estimate of drug-likeness (QED) is 0.778. The molecule has 0 aliphatic rings. The highest BCUT2D eigenvalue weighted by Crippen LogP contribution is 2.23. The summed E-state index contributed by atoms with van der Waals surface area (Å²) in [6.45, 7) is 5.64. The fourth-order valence-corrected chi connectivity index (χ4v) is 2.95. The molecule has 2 aromatic rings. The minimum Gasteiger partial charge on any atom is -0.483 e. The van der Waals surface area contributed by atoms with Gasteiger partial charge in [0.05, 0.1) is 12.3 Å². The highest BCUT2D eigenvalue weighted by atomic mass is 32.1. The first-order chi connectivity index (χ1) is 11.5. The number of amides is 1. The van der Waals surface area contributed by atoms with Crippen LogP contribution in [0.4, 0.5) is 5.13 Å². The van der Waals surface area contributed by atoms with Crippen molar-refractivity contribution < 1.29 is 19.1 Å². The largest absolute Gasteiger partial charge is 0.483 e. The first-order valence-corrected chi connectivity index (χ1v) is 8.51. The zero-order valence-corrected chi connectivity index (χ0v) is 14.7. The number of benzene rings is 1. The van der Waals surface area contributed by atoms with E-state index in [1.54, 1.807) is 13.8 Å². The van der Waals surface area contributed by atoms with E-state index in [9.17, 15) is 9.59 Å². The number of para-hydroxylation sites is 1. The van der Waals surface area contributed by atoms with Gasteiger partial charge in [0.2, 0.25) is 0 Å². The average Bonchev–Trinajstić information content (AvgIpc) is 2.93. The Morgan fingerprint density at radius 2 is 2.00 bits per heavy atom. The Bertz CT molecular complexity index is 727. The Hall–Kier alpha value is -2.41. The van der Waals surface area contributed by atoms with Gasteiger partial charge in [-0.2, -0.15) is 0 Å². The number of carbonyl (C=O) groups excluding carboxylic acids is 2. The molecular formula is C17H20N2O4S. The number of esters is 1. The minimum atomic E-state index is -0.430. The maximum absolute atomic E-state index is 12.0. The van der Waals surface area contributed by atoms with E-state index in [4.69, 9.17) is 9.47 Å². The van der Waals surface area contributed by atoms with Crippen LogP contribution in [-0.2, 0) is 16.0 Å². The number of anilines is 1. The lowest BCUT2D eigenvalue weighted by Gasteiger charge is -2.09.